The molecule has 12 nitrogen and oxygen atoms in total. The highest BCUT2D eigenvalue weighted by Gasteiger charge is 2.37. The number of nitrogens with zero attached hydrogens (tertiary/aromatic N) is 11. The van der Waals surface area contributed by atoms with E-state index in [1.165, 1.54) is 33.0 Å². The van der Waals surface area contributed by atoms with Crippen LogP contribution >= 0.6 is 0 Å². The molecule has 0 aliphatic heterocycles. The van der Waals surface area contributed by atoms with E-state index in [9.17, 15) is 0 Å². The number of hydrogen-bond acceptors (Lipinski definition) is 9. The molecule has 0 radical (unpaired) electrons. The third-order valence-corrected chi connectivity index (χ3v) is 27.1. The summed E-state index contributed by atoms with van der Waals surface area (Å²) in [7, 11) is 0. The monoisotopic (exact) mass is 1820 g/mol. The molecule has 139 heavy (non-hydrogen) atoms. The summed E-state index contributed by atoms with van der Waals surface area (Å²) in [6.45, 7) is 56.7. The van der Waals surface area contributed by atoms with Crippen LogP contribution in [0.4, 0.5) is 5.69 Å². The number of aromatic nitrogens is 9. The van der Waals surface area contributed by atoms with Crippen LogP contribution in [0, 0.1) is 0 Å². The highest BCUT2D eigenvalue weighted by atomic mass is 15.2. The highest BCUT2D eigenvalue weighted by Crippen LogP contribution is 2.51. The maximum Gasteiger partial charge on any atom is 0.164 e. The maximum atomic E-state index is 5.81. The van der Waals surface area contributed by atoms with Crippen LogP contribution in [-0.4, -0.2) is 55.9 Å². The summed E-state index contributed by atoms with van der Waals surface area (Å²) in [5, 5.41) is 10.8. The summed E-state index contributed by atoms with van der Waals surface area (Å²) in [6, 6.07) is 104. The lowest BCUT2D eigenvalue weighted by Gasteiger charge is -2.38. The standard InChI is InChI=1S/C127H124N12/c1-22-27-72-128-114(112(46-25-4)136(82(6)7)106-68-60-88(123(8,9)10)74-87(106)45-24-3)103-81-94(65-67-98(103)122-134-119(85-52-37-31-38-53-85)131-120(135-122)86-54-39-32-40-55-86)138-110-70-62-90(125(14,15)16)76-101(110)104-78-92(126(17,18)19)79-105(116(104)138)127(20,21)91-63-71-111-100(77-91)96-57-42-44-59-108(96)139(111)113(47-26-5)115(129-73-28-23-2)102-80-93(137-107-58-43-41-56-95(107)99-75-89(124(11,12)13)61-69-109(99)137)64-66-97(102)121-132-117(83-48-33-29-34-49-83)130-118(133-121)84-50-35-30-36-51-84/h22-44,46-82,114-115,128H,1,3-5,45H2,2,6-21H3/b28-23-,72-27-,112-46+,113-47+,129-73?. The predicted octanol–water partition coefficient (Wildman–Crippen LogP) is 32.3. The Labute approximate surface area is 819 Å². The normalized spacial score (nSPS) is 13.2. The molecule has 0 saturated heterocycles. The second kappa shape index (κ2) is 38.2. The molecule has 2 atom stereocenters. The van der Waals surface area contributed by atoms with Crippen LogP contribution in [0.3, 0.4) is 0 Å². The number of aliphatic imine (C=N–C) groups is 1. The molecule has 0 spiro atoms. The Kier molecular flexibility index (Phi) is 25.8. The second-order valence-corrected chi connectivity index (χ2v) is 41.3. The Morgan fingerprint density at radius 1 is 0.388 bits per heavy atom. The van der Waals surface area contributed by atoms with Crippen LogP contribution in [-0.2, 0) is 33.5 Å². The molecule has 0 aliphatic carbocycles. The molecule has 0 saturated carbocycles. The minimum absolute atomic E-state index is 0.0753. The molecule has 0 bridgehead atoms. The van der Waals surface area contributed by atoms with Crippen LogP contribution in [0.1, 0.15) is 180 Å². The van der Waals surface area contributed by atoms with Gasteiger partial charge in [0.05, 0.1) is 44.8 Å². The van der Waals surface area contributed by atoms with Crippen LogP contribution in [0.2, 0.25) is 0 Å². The van der Waals surface area contributed by atoms with Crippen molar-refractivity contribution in [2.24, 2.45) is 4.99 Å². The molecular formula is C127H124N12. The van der Waals surface area contributed by atoms with Crippen LogP contribution in [0.5, 0.6) is 0 Å². The van der Waals surface area contributed by atoms with Crippen molar-refractivity contribution in [2.45, 2.75) is 169 Å². The van der Waals surface area contributed by atoms with Gasteiger partial charge in [0.1, 0.15) is 6.04 Å². The van der Waals surface area contributed by atoms with Gasteiger partial charge in [0.2, 0.25) is 0 Å². The van der Waals surface area contributed by atoms with Crippen molar-refractivity contribution in [2.75, 3.05) is 4.90 Å². The Morgan fingerprint density at radius 2 is 0.806 bits per heavy atom. The van der Waals surface area contributed by atoms with Gasteiger partial charge in [-0.05, 0) is 226 Å². The topological polar surface area (TPSA) is 120 Å². The predicted molar refractivity (Wildman–Crippen MR) is 589 cm³/mol. The van der Waals surface area contributed by atoms with E-state index in [1.807, 2.05) is 135 Å². The minimum atomic E-state index is -0.731. The smallest absolute Gasteiger partial charge is 0.164 e. The number of nitrogens with one attached hydrogen (secondary N) is 1. The highest BCUT2D eigenvalue weighted by molar-refractivity contribution is 6.14. The van der Waals surface area contributed by atoms with Gasteiger partial charge >= 0.3 is 0 Å². The fourth-order valence-corrected chi connectivity index (χ4v) is 19.7. The fourth-order valence-electron chi connectivity index (χ4n) is 19.7. The molecule has 692 valence electrons. The Bertz CT molecular complexity index is 7820. The van der Waals surface area contributed by atoms with Crippen LogP contribution in [0.15, 0.2) is 389 Å². The number of hydrogen-bond donors (Lipinski definition) is 1. The summed E-state index contributed by atoms with van der Waals surface area (Å²) < 4.78 is 7.38. The number of benzene rings is 13. The van der Waals surface area contributed by atoms with E-state index >= 15 is 0 Å². The molecule has 2 unspecified atom stereocenters. The average molecular weight is 1820 g/mol. The van der Waals surface area contributed by atoms with Crippen molar-refractivity contribution in [3.05, 3.63) is 434 Å². The van der Waals surface area contributed by atoms with E-state index in [-0.39, 0.29) is 27.7 Å². The first-order valence-corrected chi connectivity index (χ1v) is 48.5. The van der Waals surface area contributed by atoms with Crippen molar-refractivity contribution in [3.8, 4) is 79.7 Å². The molecule has 0 fully saturated rings. The molecule has 0 aliphatic rings. The lowest BCUT2D eigenvalue weighted by molar-refractivity contribution is 0.584. The van der Waals surface area contributed by atoms with E-state index in [2.05, 4.69) is 392 Å². The van der Waals surface area contributed by atoms with Gasteiger partial charge in [-0.3, -0.25) is 4.99 Å². The number of allylic oxidation sites excluding steroid dienone is 9. The zero-order valence-corrected chi connectivity index (χ0v) is 83.3. The average Bonchev–Trinajstić information content (AvgIpc) is 1.55. The first-order chi connectivity index (χ1) is 66.9. The quantitative estimate of drug-likeness (QED) is 0.0307. The molecule has 12 heteroatoms. The van der Waals surface area contributed by atoms with Gasteiger partial charge in [-0.2, -0.15) is 0 Å². The Morgan fingerprint density at radius 3 is 1.32 bits per heavy atom. The molecule has 1 N–H and O–H groups in total. The molecule has 18 rings (SSSR count). The summed E-state index contributed by atoms with van der Waals surface area (Å²) >= 11 is 0. The summed E-state index contributed by atoms with van der Waals surface area (Å²) in [6.07, 6.45) is 22.6. The van der Waals surface area contributed by atoms with Crippen molar-refractivity contribution in [1.29, 1.82) is 0 Å². The number of anilines is 1. The van der Waals surface area contributed by atoms with E-state index < -0.39 is 17.5 Å². The van der Waals surface area contributed by atoms with Gasteiger partial charge in [-0.15, -0.1) is 6.58 Å². The van der Waals surface area contributed by atoms with E-state index in [1.54, 1.807) is 0 Å². The Balaban J connectivity index is 0.887. The van der Waals surface area contributed by atoms with Gasteiger partial charge in [-0.1, -0.05) is 341 Å². The van der Waals surface area contributed by atoms with E-state index in [0.29, 0.717) is 41.4 Å². The van der Waals surface area contributed by atoms with Gasteiger partial charge in [0, 0.05) is 106 Å². The molecule has 5 aromatic heterocycles. The molecular weight excluding hydrogens is 1690 g/mol. The fraction of sp³-hybridized carbons (Fsp3) is 0.205. The van der Waals surface area contributed by atoms with Crippen molar-refractivity contribution in [1.82, 2.24) is 48.9 Å². The lowest BCUT2D eigenvalue weighted by atomic mass is 9.74. The van der Waals surface area contributed by atoms with Crippen LogP contribution < -0.4 is 10.2 Å². The third-order valence-electron chi connectivity index (χ3n) is 27.1. The van der Waals surface area contributed by atoms with E-state index in [4.69, 9.17) is 34.9 Å². The van der Waals surface area contributed by atoms with Crippen molar-refractivity contribution < 1.29 is 0 Å². The van der Waals surface area contributed by atoms with Gasteiger partial charge in [-0.25, -0.2) is 29.9 Å². The number of fused-ring (bicyclic) bond motifs is 9. The van der Waals surface area contributed by atoms with Gasteiger partial charge < -0.3 is 23.9 Å². The SMILES string of the molecule is C=C/C=C\NC(/C(=C\C=C)N(c1ccc(C(C)(C)C)cc1CC=C)C(C)C)c1cc(-n2c3ccc(C(C)(C)C)cc3c3cc(C(C)(C)C)cc(C(C)(C)c4ccc5c(c4)c4ccccc4n5/C(=C/C=C)C(N=C/C=C\C)c4cc(-n5c6ccccc6c6cc(C(C)(C)C)ccc65)ccc4-c4nc(-c5ccccc5)nc(-c5ccccc5)n4)c32)ccc1-c1nc(-c2ccccc2)nc(-c2ccccc2)n1. The first kappa shape index (κ1) is 93.9. The lowest BCUT2D eigenvalue weighted by Crippen LogP contribution is -2.37. The number of rotatable bonds is 27. The maximum absolute atomic E-state index is 5.81. The van der Waals surface area contributed by atoms with E-state index in [0.717, 1.165) is 144 Å². The third kappa shape index (κ3) is 18.3. The summed E-state index contributed by atoms with van der Waals surface area (Å²) in [5.74, 6) is 3.23. The molecule has 0 amide bonds. The zero-order chi connectivity index (χ0) is 97.6. The number of para-hydroxylation sites is 2. The molecule has 18 aromatic rings. The minimum Gasteiger partial charge on any atom is -0.379 e. The van der Waals surface area contributed by atoms with Crippen LogP contribution in [0.25, 0.3) is 151 Å². The Hall–Kier alpha value is -15.5. The summed E-state index contributed by atoms with van der Waals surface area (Å²) in [4.78, 5) is 41.0. The second-order valence-electron chi connectivity index (χ2n) is 41.3. The van der Waals surface area contributed by atoms with Gasteiger partial charge in [0.25, 0.3) is 0 Å². The summed E-state index contributed by atoms with van der Waals surface area (Å²) in [5.41, 5.74) is 24.9. The van der Waals surface area contributed by atoms with Crippen molar-refractivity contribution >= 4 is 83.0 Å². The molecule has 5 heterocycles. The first-order valence-electron chi connectivity index (χ1n) is 48.5. The molecule has 13 aromatic carbocycles. The van der Waals surface area contributed by atoms with Gasteiger partial charge in [0.15, 0.2) is 34.9 Å². The zero-order valence-electron chi connectivity index (χ0n) is 83.3. The largest absolute Gasteiger partial charge is 0.379 e. The van der Waals surface area contributed by atoms with Crippen molar-refractivity contribution in [3.63, 3.8) is 0 Å².